The zero-order valence-electron chi connectivity index (χ0n) is 42.9. The Hall–Kier alpha value is -7.13. The summed E-state index contributed by atoms with van der Waals surface area (Å²) in [6, 6.07) is 14.3. The number of aromatic nitrogens is 7. The van der Waals surface area contributed by atoms with Crippen molar-refractivity contribution >= 4 is 39.4 Å². The molecule has 7 aromatic rings. The SMILES string of the molecule is CO[C@@H](C)COc1nc(N(C)[C@H]2CCNC2)c2cc(C3CC3)c(-c3c(C)c(F)cc4[nH]ncc34)c(OCc3ccc(-c4cn([C@H](C(=O)N5C[C@H](O)C[C@H]5C(=O)N[C@@H](CO)c5ccc(F)cc5)C(C)C)nn4)cc3)c2n1. The summed E-state index contributed by atoms with van der Waals surface area (Å²) >= 11 is 0. The van der Waals surface area contributed by atoms with Crippen molar-refractivity contribution < 1.29 is 42.8 Å². The van der Waals surface area contributed by atoms with Gasteiger partial charge in [0, 0.05) is 67.2 Å². The summed E-state index contributed by atoms with van der Waals surface area (Å²) in [7, 11) is 3.67. The van der Waals surface area contributed by atoms with Crippen molar-refractivity contribution in [2.45, 2.75) is 102 Å². The average Bonchev–Trinajstić information content (AvgIpc) is 3.82. The third kappa shape index (κ3) is 10.5. The number of nitrogens with zero attached hydrogens (tertiary/aromatic N) is 8. The smallest absolute Gasteiger partial charge is 0.319 e. The molecule has 5 N–H and O–H groups in total. The predicted octanol–water partition coefficient (Wildman–Crippen LogP) is 6.70. The zero-order chi connectivity index (χ0) is 52.7. The molecule has 3 fully saturated rings. The molecule has 0 bridgehead atoms. The number of β-amino-alcohol motifs (C(OH)–C–C–N with tert-alkyl or cyclic N) is 1. The second-order valence-electron chi connectivity index (χ2n) is 20.4. The molecule has 20 heteroatoms. The van der Waals surface area contributed by atoms with Gasteiger partial charge in [-0.3, -0.25) is 14.7 Å². The number of hydrogen-bond donors (Lipinski definition) is 5. The number of fused-ring (bicyclic) bond motifs is 2. The summed E-state index contributed by atoms with van der Waals surface area (Å²) in [6.45, 7) is 8.88. The Morgan fingerprint density at radius 3 is 2.45 bits per heavy atom. The van der Waals surface area contributed by atoms with Gasteiger partial charge in [0.25, 0.3) is 0 Å². The van der Waals surface area contributed by atoms with Crippen LogP contribution in [0.1, 0.15) is 86.7 Å². The van der Waals surface area contributed by atoms with Crippen LogP contribution in [-0.4, -0.2) is 133 Å². The van der Waals surface area contributed by atoms with Crippen LogP contribution in [-0.2, 0) is 20.9 Å². The molecule has 2 saturated heterocycles. The molecule has 3 aromatic heterocycles. The molecular formula is C55H63F2N11O7. The first-order valence-corrected chi connectivity index (χ1v) is 25.6. The number of carbonyl (C=O) groups excluding carboxylic acids is 2. The van der Waals surface area contributed by atoms with Gasteiger partial charge in [-0.2, -0.15) is 15.1 Å². The fourth-order valence-electron chi connectivity index (χ4n) is 10.4. The predicted molar refractivity (Wildman–Crippen MR) is 277 cm³/mol. The first-order chi connectivity index (χ1) is 36.2. The summed E-state index contributed by atoms with van der Waals surface area (Å²) in [5.74, 6) is -0.734. The number of benzene rings is 4. The van der Waals surface area contributed by atoms with Gasteiger partial charge in [-0.05, 0) is 98.0 Å². The van der Waals surface area contributed by atoms with E-state index in [1.165, 1.54) is 39.9 Å². The number of hydrogen-bond acceptors (Lipinski definition) is 14. The fraction of sp³-hybridized carbons (Fsp3) is 0.436. The number of amides is 2. The van der Waals surface area contributed by atoms with Gasteiger partial charge in [0.2, 0.25) is 11.8 Å². The van der Waals surface area contributed by atoms with E-state index >= 15 is 4.39 Å². The number of methoxy groups -OCH3 is 1. The highest BCUT2D eigenvalue weighted by molar-refractivity contribution is 6.06. The molecule has 5 heterocycles. The van der Waals surface area contributed by atoms with Gasteiger partial charge in [0.05, 0.1) is 42.8 Å². The standard InChI is InChI=1S/C55H63F2N11O7/c1-29(2)50(54(72)67-24-38(70)19-46(67)53(71)60-45(26-69)35-13-15-36(56)16-14-35)68-25-44(64-65-68)34-9-7-32(8-10-34)28-74-51-48(47-31(4)42(57)21-43-41(47)23-59-63-43)39(33-11-12-33)20-40-49(51)61-55(75-27-30(3)73-6)62-52(40)66(5)37-17-18-58-22-37/h7-10,13-16,20-21,23,25,29-30,33,37-38,45-46,50,58,69-70H,11-12,17-19,22,24,26-28H2,1-6H3,(H,59,63)(H,60,71)/t30-,37-,38+,45-,46-,50-/m0/s1. The van der Waals surface area contributed by atoms with Crippen LogP contribution < -0.4 is 25.0 Å². The monoisotopic (exact) mass is 1030 g/mol. The molecule has 2 amide bonds. The quantitative estimate of drug-likeness (QED) is 0.0570. The fourth-order valence-corrected chi connectivity index (χ4v) is 10.4. The molecule has 0 radical (unpaired) electrons. The van der Waals surface area contributed by atoms with Gasteiger partial charge in [-0.1, -0.05) is 55.5 Å². The van der Waals surface area contributed by atoms with Crippen molar-refractivity contribution in [3.05, 3.63) is 107 Å². The lowest BCUT2D eigenvalue weighted by atomic mass is 9.88. The third-order valence-electron chi connectivity index (χ3n) is 14.9. The molecule has 0 spiro atoms. The second-order valence-corrected chi connectivity index (χ2v) is 20.4. The molecule has 18 nitrogen and oxygen atoms in total. The number of halogens is 2. The van der Waals surface area contributed by atoms with Crippen molar-refractivity contribution in [1.29, 1.82) is 0 Å². The summed E-state index contributed by atoms with van der Waals surface area (Å²) < 4.78 is 50.0. The first-order valence-electron chi connectivity index (χ1n) is 25.6. The minimum Gasteiger partial charge on any atom is -0.486 e. The first kappa shape index (κ1) is 51.4. The molecule has 394 valence electrons. The van der Waals surface area contributed by atoms with Crippen molar-refractivity contribution in [3.63, 3.8) is 0 Å². The minimum atomic E-state index is -1.03. The van der Waals surface area contributed by atoms with E-state index in [9.17, 15) is 24.2 Å². The number of ether oxygens (including phenoxy) is 3. The van der Waals surface area contributed by atoms with Crippen molar-refractivity contribution in [3.8, 4) is 34.1 Å². The highest BCUT2D eigenvalue weighted by Gasteiger charge is 2.43. The van der Waals surface area contributed by atoms with Crippen LogP contribution >= 0.6 is 0 Å². The lowest BCUT2D eigenvalue weighted by molar-refractivity contribution is -0.142. The minimum absolute atomic E-state index is 0.00105. The molecule has 0 unspecified atom stereocenters. The number of nitrogens with one attached hydrogen (secondary N) is 3. The van der Waals surface area contributed by atoms with Gasteiger partial charge in [0.15, 0.2) is 5.75 Å². The van der Waals surface area contributed by atoms with Crippen molar-refractivity contribution in [2.75, 3.05) is 51.9 Å². The van der Waals surface area contributed by atoms with Crippen LogP contribution in [0.2, 0.25) is 0 Å². The summed E-state index contributed by atoms with van der Waals surface area (Å²) in [6.07, 6.45) is 5.07. The largest absolute Gasteiger partial charge is 0.486 e. The van der Waals surface area contributed by atoms with Gasteiger partial charge in [-0.25, -0.2) is 13.5 Å². The van der Waals surface area contributed by atoms with E-state index in [1.54, 1.807) is 26.4 Å². The molecule has 75 heavy (non-hydrogen) atoms. The van der Waals surface area contributed by atoms with Crippen LogP contribution in [0.3, 0.4) is 0 Å². The Morgan fingerprint density at radius 1 is 0.987 bits per heavy atom. The van der Waals surface area contributed by atoms with Gasteiger partial charge in [0.1, 0.15) is 54.0 Å². The van der Waals surface area contributed by atoms with Gasteiger partial charge < -0.3 is 44.9 Å². The summed E-state index contributed by atoms with van der Waals surface area (Å²) in [5.41, 5.74) is 6.51. The van der Waals surface area contributed by atoms with E-state index in [0.717, 1.165) is 65.4 Å². The normalized spacial score (nSPS) is 19.0. The number of carbonyl (C=O) groups is 2. The van der Waals surface area contributed by atoms with E-state index in [4.69, 9.17) is 24.2 Å². The molecule has 2 aliphatic heterocycles. The van der Waals surface area contributed by atoms with Gasteiger partial charge in [-0.15, -0.1) is 5.10 Å². The van der Waals surface area contributed by atoms with Crippen molar-refractivity contribution in [2.24, 2.45) is 5.92 Å². The maximum atomic E-state index is 16.0. The number of aromatic amines is 1. The number of H-pyrrole nitrogens is 1. The van der Waals surface area contributed by atoms with Gasteiger partial charge >= 0.3 is 6.01 Å². The number of aliphatic hydroxyl groups excluding tert-OH is 2. The Labute approximate surface area is 432 Å². The number of rotatable bonds is 19. The van der Waals surface area contributed by atoms with E-state index in [1.807, 2.05) is 52.1 Å². The van der Waals surface area contributed by atoms with Crippen LogP contribution in [0.5, 0.6) is 11.8 Å². The number of likely N-dealkylation sites (tertiary alicyclic amines) is 1. The van der Waals surface area contributed by atoms with E-state index in [-0.39, 0.29) is 62.0 Å². The van der Waals surface area contributed by atoms with Crippen LogP contribution in [0.25, 0.3) is 44.2 Å². The van der Waals surface area contributed by atoms with E-state index in [0.29, 0.717) is 45.0 Å². The highest BCUT2D eigenvalue weighted by atomic mass is 19.1. The summed E-state index contributed by atoms with van der Waals surface area (Å²) in [4.78, 5) is 41.8. The molecule has 1 saturated carbocycles. The average molecular weight is 1030 g/mol. The molecule has 1 aliphatic carbocycles. The van der Waals surface area contributed by atoms with E-state index < -0.39 is 48.5 Å². The highest BCUT2D eigenvalue weighted by Crippen LogP contribution is 2.53. The maximum absolute atomic E-state index is 16.0. The lowest BCUT2D eigenvalue weighted by Crippen LogP contribution is -2.50. The Balaban J connectivity index is 0.961. The van der Waals surface area contributed by atoms with Crippen LogP contribution in [0.4, 0.5) is 14.6 Å². The summed E-state index contributed by atoms with van der Waals surface area (Å²) in [5, 5.41) is 44.9. The molecular weight excluding hydrogens is 965 g/mol. The topological polar surface area (TPSA) is 218 Å². The number of likely N-dealkylation sites (N-methyl/N-ethyl adjacent to an activating group) is 1. The third-order valence-corrected chi connectivity index (χ3v) is 14.9. The maximum Gasteiger partial charge on any atom is 0.319 e. The Bertz CT molecular complexity index is 3200. The second kappa shape index (κ2) is 21.6. The van der Waals surface area contributed by atoms with Crippen molar-refractivity contribution in [1.82, 2.24) is 50.7 Å². The molecule has 3 aliphatic rings. The number of aliphatic hydroxyl groups is 2. The zero-order valence-corrected chi connectivity index (χ0v) is 42.9. The van der Waals surface area contributed by atoms with Crippen LogP contribution in [0, 0.1) is 24.5 Å². The number of anilines is 1. The Morgan fingerprint density at radius 2 is 1.76 bits per heavy atom. The van der Waals surface area contributed by atoms with E-state index in [2.05, 4.69) is 42.1 Å². The lowest BCUT2D eigenvalue weighted by Gasteiger charge is -2.30. The molecule has 4 aromatic carbocycles. The van der Waals surface area contributed by atoms with Crippen LogP contribution in [0.15, 0.2) is 73.1 Å². The molecule has 10 rings (SSSR count). The molecule has 6 atom stereocenters. The Kier molecular flexibility index (Phi) is 14.8.